The molecule has 0 saturated heterocycles. The maximum Gasteiger partial charge on any atom is 0.387 e. The lowest BCUT2D eigenvalue weighted by molar-refractivity contribution is -0.0498. The molecule has 1 aliphatic carbocycles. The summed E-state index contributed by atoms with van der Waals surface area (Å²) in [5.41, 5.74) is 4.31. The molecule has 0 aliphatic heterocycles. The minimum atomic E-state index is -2.86. The first-order valence-electron chi connectivity index (χ1n) is 11.9. The molecule has 2 aromatic carbocycles. The molecule has 8 heteroatoms. The van der Waals surface area contributed by atoms with E-state index in [9.17, 15) is 18.7 Å². The number of H-pyrrole nitrogens is 1. The summed E-state index contributed by atoms with van der Waals surface area (Å²) < 4.78 is 29.0. The van der Waals surface area contributed by atoms with Gasteiger partial charge in [-0.1, -0.05) is 31.7 Å². The highest BCUT2D eigenvalue weighted by atomic mass is 19.3. The second kappa shape index (κ2) is 12.1. The van der Waals surface area contributed by atoms with E-state index >= 15 is 0 Å². The number of aliphatic hydroxyl groups is 1. The Labute approximate surface area is 211 Å². The van der Waals surface area contributed by atoms with Gasteiger partial charge in [-0.3, -0.25) is 9.89 Å². The van der Waals surface area contributed by atoms with Crippen LogP contribution in [0.5, 0.6) is 5.75 Å². The third-order valence-corrected chi connectivity index (χ3v) is 6.71. The number of nitrogens with one attached hydrogen (secondary N) is 1. The van der Waals surface area contributed by atoms with Crippen molar-refractivity contribution in [3.63, 3.8) is 0 Å². The molecule has 36 heavy (non-hydrogen) atoms. The minimum absolute atomic E-state index is 0. The molecule has 1 aromatic heterocycles. The first kappa shape index (κ1) is 27.3. The van der Waals surface area contributed by atoms with Gasteiger partial charge in [0.2, 0.25) is 0 Å². The average Bonchev–Trinajstić information content (AvgIpc) is 3.47. The number of alkyl halides is 2. The zero-order chi connectivity index (χ0) is 24.9. The monoisotopic (exact) mass is 499 g/mol. The van der Waals surface area contributed by atoms with E-state index in [1.54, 1.807) is 24.1 Å². The average molecular weight is 500 g/mol. The molecule has 3 atom stereocenters. The fourth-order valence-electron chi connectivity index (χ4n) is 4.91. The number of carbonyl (C=O) groups excluding carboxylic acids is 1. The molecule has 0 spiro atoms. The second-order valence-electron chi connectivity index (χ2n) is 9.44. The van der Waals surface area contributed by atoms with Gasteiger partial charge in [0.25, 0.3) is 5.91 Å². The smallest absolute Gasteiger partial charge is 0.387 e. The van der Waals surface area contributed by atoms with Crippen molar-refractivity contribution < 1.29 is 23.4 Å². The van der Waals surface area contributed by atoms with Crippen molar-refractivity contribution in [1.82, 2.24) is 15.1 Å². The molecule has 1 amide bonds. The van der Waals surface area contributed by atoms with Crippen LogP contribution >= 0.6 is 0 Å². The third-order valence-electron chi connectivity index (χ3n) is 6.71. The predicted octanol–water partition coefficient (Wildman–Crippen LogP) is 5.92. The molecule has 1 aliphatic rings. The van der Waals surface area contributed by atoms with Crippen molar-refractivity contribution in [3.8, 4) is 5.75 Å². The summed E-state index contributed by atoms with van der Waals surface area (Å²) >= 11 is 0. The fourth-order valence-corrected chi connectivity index (χ4v) is 4.91. The van der Waals surface area contributed by atoms with Gasteiger partial charge in [0.15, 0.2) is 0 Å². The Morgan fingerprint density at radius 3 is 2.47 bits per heavy atom. The Balaban J connectivity index is 0.00000361. The van der Waals surface area contributed by atoms with Crippen molar-refractivity contribution in [2.75, 3.05) is 7.05 Å². The summed E-state index contributed by atoms with van der Waals surface area (Å²) in [5, 5.41) is 17.9. The number of ether oxygens (including phenoxy) is 1. The number of rotatable bonds is 9. The Hall–Kier alpha value is -3.26. The van der Waals surface area contributed by atoms with Gasteiger partial charge < -0.3 is 14.7 Å². The first-order chi connectivity index (χ1) is 16.8. The number of hydrogen-bond acceptors (Lipinski definition) is 4. The van der Waals surface area contributed by atoms with Crippen LogP contribution < -0.4 is 4.74 Å². The minimum Gasteiger partial charge on any atom is -0.435 e. The highest BCUT2D eigenvalue weighted by Gasteiger charge is 2.30. The number of hydrogen-bond donors (Lipinski definition) is 2. The molecular weight excluding hydrogens is 464 g/mol. The molecular formula is C28H35F2N3O3. The number of aromatic nitrogens is 2. The van der Waals surface area contributed by atoms with Crippen molar-refractivity contribution in [2.45, 2.75) is 59.3 Å². The summed E-state index contributed by atoms with van der Waals surface area (Å²) in [6.07, 6.45) is 3.08. The molecule has 194 valence electrons. The molecule has 0 bridgehead atoms. The van der Waals surface area contributed by atoms with Gasteiger partial charge >= 0.3 is 6.61 Å². The van der Waals surface area contributed by atoms with Crippen LogP contribution in [0.3, 0.4) is 0 Å². The maximum absolute atomic E-state index is 12.8. The summed E-state index contributed by atoms with van der Waals surface area (Å²) in [5.74, 6) is 0.612. The maximum atomic E-state index is 12.8. The van der Waals surface area contributed by atoms with E-state index in [2.05, 4.69) is 14.9 Å². The van der Waals surface area contributed by atoms with E-state index < -0.39 is 12.7 Å². The van der Waals surface area contributed by atoms with Gasteiger partial charge in [0, 0.05) is 18.3 Å². The molecule has 0 radical (unpaired) electrons. The van der Waals surface area contributed by atoms with Crippen LogP contribution in [0.15, 0.2) is 54.6 Å². The zero-order valence-corrected chi connectivity index (χ0v) is 20.0. The predicted molar refractivity (Wildman–Crippen MR) is 135 cm³/mol. The number of nitrogens with zero attached hydrogens (tertiary/aromatic N) is 2. The molecule has 4 rings (SSSR count). The molecule has 0 unspecified atom stereocenters. The van der Waals surface area contributed by atoms with Gasteiger partial charge in [-0.25, -0.2) is 0 Å². The van der Waals surface area contributed by atoms with Gasteiger partial charge in [-0.05, 0) is 85.9 Å². The number of aromatic amines is 1. The lowest BCUT2D eigenvalue weighted by atomic mass is 9.91. The largest absolute Gasteiger partial charge is 0.435 e. The Bertz CT molecular complexity index is 1120. The number of halogens is 2. The number of amides is 1. The van der Waals surface area contributed by atoms with Gasteiger partial charge in [0.1, 0.15) is 5.75 Å². The highest BCUT2D eigenvalue weighted by Crippen LogP contribution is 2.40. The number of benzene rings is 2. The van der Waals surface area contributed by atoms with E-state index in [-0.39, 0.29) is 25.0 Å². The molecule has 1 fully saturated rings. The van der Waals surface area contributed by atoms with Crippen LogP contribution in [-0.2, 0) is 13.0 Å². The second-order valence-corrected chi connectivity index (χ2v) is 9.44. The normalized spacial score (nSPS) is 18.1. The van der Waals surface area contributed by atoms with Crippen molar-refractivity contribution in [2.24, 2.45) is 11.8 Å². The van der Waals surface area contributed by atoms with Crippen LogP contribution in [0.25, 0.3) is 0 Å². The van der Waals surface area contributed by atoms with Gasteiger partial charge in [0.05, 0.1) is 18.3 Å². The van der Waals surface area contributed by atoms with Crippen LogP contribution in [0.2, 0.25) is 0 Å². The fraction of sp³-hybridized carbons (Fsp3) is 0.429. The number of aryl methyl sites for hydroxylation is 1. The van der Waals surface area contributed by atoms with E-state index in [0.29, 0.717) is 23.6 Å². The van der Waals surface area contributed by atoms with E-state index in [0.717, 1.165) is 37.1 Å². The summed E-state index contributed by atoms with van der Waals surface area (Å²) in [4.78, 5) is 14.4. The summed E-state index contributed by atoms with van der Waals surface area (Å²) in [7, 11) is 1.77. The molecule has 6 nitrogen and oxygen atoms in total. The molecule has 3 aromatic rings. The van der Waals surface area contributed by atoms with Crippen molar-refractivity contribution in [1.29, 1.82) is 0 Å². The van der Waals surface area contributed by atoms with Crippen molar-refractivity contribution in [3.05, 3.63) is 82.7 Å². The van der Waals surface area contributed by atoms with E-state index in [1.807, 2.05) is 37.3 Å². The SMILES string of the molecule is C.Cc1cc(CN(C)C(=O)c2ccc(C[C@@H]3CC[C@H]([C@H](O)c4ccc(OC(F)F)cc4)C3)cc2)n[nH]1. The number of aliphatic hydroxyl groups excluding tert-OH is 1. The highest BCUT2D eigenvalue weighted by molar-refractivity contribution is 5.94. The molecule has 2 N–H and O–H groups in total. The lowest BCUT2D eigenvalue weighted by Gasteiger charge is -2.19. The van der Waals surface area contributed by atoms with E-state index in [1.165, 1.54) is 17.7 Å². The summed E-state index contributed by atoms with van der Waals surface area (Å²) in [6, 6.07) is 15.9. The molecule has 1 heterocycles. The van der Waals surface area contributed by atoms with Crippen LogP contribution in [-0.4, -0.2) is 39.8 Å². The molecule has 1 saturated carbocycles. The van der Waals surface area contributed by atoms with Gasteiger partial charge in [-0.15, -0.1) is 0 Å². The van der Waals surface area contributed by atoms with Crippen LogP contribution in [0.1, 0.15) is 65.7 Å². The topological polar surface area (TPSA) is 78.5 Å². The Morgan fingerprint density at radius 1 is 1.17 bits per heavy atom. The van der Waals surface area contributed by atoms with Gasteiger partial charge in [-0.2, -0.15) is 13.9 Å². The standard InChI is InChI=1S/C27H31F2N3O3.CH4/c1-17-13-23(31-30-17)16-32(2)26(34)21-6-3-18(4-7-21)14-19-5-8-22(15-19)25(33)20-9-11-24(12-10-20)35-27(28)29;/h3-4,6-7,9-13,19,22,25,27,33H,5,8,14-16H2,1-2H3,(H,30,31);1H4/t19-,22-,25+;/m0./s1. The van der Waals surface area contributed by atoms with E-state index in [4.69, 9.17) is 0 Å². The lowest BCUT2D eigenvalue weighted by Crippen LogP contribution is -2.26. The van der Waals surface area contributed by atoms with Crippen LogP contribution in [0.4, 0.5) is 8.78 Å². The Kier molecular flexibility index (Phi) is 9.20. The van der Waals surface area contributed by atoms with Crippen molar-refractivity contribution >= 4 is 5.91 Å². The third kappa shape index (κ3) is 6.91. The number of carbonyl (C=O) groups is 1. The van der Waals surface area contributed by atoms with Crippen LogP contribution in [0, 0.1) is 18.8 Å². The quantitative estimate of drug-likeness (QED) is 0.383. The first-order valence-corrected chi connectivity index (χ1v) is 11.9. The summed E-state index contributed by atoms with van der Waals surface area (Å²) in [6.45, 7) is -0.491. The Morgan fingerprint density at radius 2 is 1.86 bits per heavy atom. The zero-order valence-electron chi connectivity index (χ0n) is 20.0.